The van der Waals surface area contributed by atoms with Crippen molar-refractivity contribution in [1.29, 1.82) is 0 Å². The monoisotopic (exact) mass is 176 g/mol. The highest BCUT2D eigenvalue weighted by atomic mass is 35.5. The molecule has 58 valence electrons. The lowest BCUT2D eigenvalue weighted by Crippen LogP contribution is -1.62. The van der Waals surface area contributed by atoms with Crippen LogP contribution >= 0.6 is 11.6 Å². The molecule has 0 aliphatic rings. The Balaban J connectivity index is 2.77. The molecule has 0 spiro atoms. The molecule has 1 heterocycles. The Bertz CT molecular complexity index is 462. The van der Waals surface area contributed by atoms with E-state index in [1.54, 1.807) is 18.2 Å². The number of furan rings is 1. The maximum Gasteiger partial charge on any atom is 0.177 e. The van der Waals surface area contributed by atoms with Gasteiger partial charge in [0.25, 0.3) is 0 Å². The highest BCUT2D eigenvalue weighted by molar-refractivity contribution is 6.31. The first kappa shape index (κ1) is 7.27. The average molecular weight is 177 g/mol. The molecule has 0 radical (unpaired) electrons. The van der Waals surface area contributed by atoms with Crippen LogP contribution < -0.4 is 0 Å². The molecule has 12 heavy (non-hydrogen) atoms. The molecule has 0 aliphatic heterocycles. The molecule has 0 amide bonds. The molecule has 0 saturated heterocycles. The quantitative estimate of drug-likeness (QED) is 0.563. The van der Waals surface area contributed by atoms with E-state index in [1.807, 2.05) is 6.07 Å². The second-order valence-corrected chi connectivity index (χ2v) is 2.87. The Kier molecular flexibility index (Phi) is 1.56. The van der Waals surface area contributed by atoms with Crippen LogP contribution in [0.1, 0.15) is 5.76 Å². The van der Waals surface area contributed by atoms with Crippen LogP contribution in [0, 0.1) is 12.3 Å². The third-order valence-electron chi connectivity index (χ3n) is 1.62. The lowest BCUT2D eigenvalue weighted by Gasteiger charge is -1.87. The van der Waals surface area contributed by atoms with Gasteiger partial charge in [0.1, 0.15) is 5.58 Å². The number of halogens is 1. The van der Waals surface area contributed by atoms with Gasteiger partial charge in [-0.15, -0.1) is 6.42 Å². The largest absolute Gasteiger partial charge is 0.448 e. The van der Waals surface area contributed by atoms with E-state index in [0.29, 0.717) is 10.8 Å². The van der Waals surface area contributed by atoms with Crippen LogP contribution in [0.25, 0.3) is 11.0 Å². The van der Waals surface area contributed by atoms with E-state index in [1.165, 1.54) is 0 Å². The Labute approximate surface area is 74.9 Å². The van der Waals surface area contributed by atoms with E-state index >= 15 is 0 Å². The van der Waals surface area contributed by atoms with Crippen LogP contribution in [0.3, 0.4) is 0 Å². The van der Waals surface area contributed by atoms with Crippen molar-refractivity contribution in [3.8, 4) is 12.3 Å². The van der Waals surface area contributed by atoms with Crippen molar-refractivity contribution in [2.24, 2.45) is 0 Å². The van der Waals surface area contributed by atoms with Crippen LogP contribution in [0.4, 0.5) is 0 Å². The van der Waals surface area contributed by atoms with Crippen molar-refractivity contribution in [1.82, 2.24) is 0 Å². The molecule has 1 nitrogen and oxygen atoms in total. The van der Waals surface area contributed by atoms with Gasteiger partial charge in [-0.1, -0.05) is 11.6 Å². The van der Waals surface area contributed by atoms with Gasteiger partial charge in [-0.25, -0.2) is 0 Å². The molecule has 2 heteroatoms. The van der Waals surface area contributed by atoms with Gasteiger partial charge in [-0.05, 0) is 24.1 Å². The second-order valence-electron chi connectivity index (χ2n) is 2.44. The highest BCUT2D eigenvalue weighted by Crippen LogP contribution is 2.22. The fraction of sp³-hybridized carbons (Fsp3) is 0. The summed E-state index contributed by atoms with van der Waals surface area (Å²) in [5.74, 6) is 2.96. The average Bonchev–Trinajstić information content (AvgIpc) is 2.46. The van der Waals surface area contributed by atoms with Gasteiger partial charge in [-0.3, -0.25) is 0 Å². The van der Waals surface area contributed by atoms with E-state index in [9.17, 15) is 0 Å². The zero-order chi connectivity index (χ0) is 8.55. The topological polar surface area (TPSA) is 13.1 Å². The Morgan fingerprint density at radius 2 is 2.17 bits per heavy atom. The number of terminal acetylenes is 1. The summed E-state index contributed by atoms with van der Waals surface area (Å²) in [5.41, 5.74) is 0.771. The number of fused-ring (bicyclic) bond motifs is 1. The maximum absolute atomic E-state index is 5.78. The minimum atomic E-state index is 0.535. The first-order chi connectivity index (χ1) is 5.79. The number of rotatable bonds is 0. The van der Waals surface area contributed by atoms with Crippen molar-refractivity contribution in [2.75, 3.05) is 0 Å². The van der Waals surface area contributed by atoms with E-state index in [0.717, 1.165) is 11.0 Å². The minimum absolute atomic E-state index is 0.535. The Hall–Kier alpha value is -1.39. The second kappa shape index (κ2) is 2.58. The molecule has 2 aromatic rings. The van der Waals surface area contributed by atoms with Gasteiger partial charge in [0, 0.05) is 16.5 Å². The van der Waals surface area contributed by atoms with Crippen LogP contribution in [0.5, 0.6) is 0 Å². The van der Waals surface area contributed by atoms with E-state index in [2.05, 4.69) is 5.92 Å². The van der Waals surface area contributed by atoms with Crippen molar-refractivity contribution in [3.05, 3.63) is 35.0 Å². The summed E-state index contributed by atoms with van der Waals surface area (Å²) in [4.78, 5) is 0. The molecule has 0 unspecified atom stereocenters. The first-order valence-electron chi connectivity index (χ1n) is 3.45. The van der Waals surface area contributed by atoms with Crippen molar-refractivity contribution < 1.29 is 4.42 Å². The zero-order valence-corrected chi connectivity index (χ0v) is 6.93. The lowest BCUT2D eigenvalue weighted by molar-refractivity contribution is 0.601. The summed E-state index contributed by atoms with van der Waals surface area (Å²) in [6.45, 7) is 0. The van der Waals surface area contributed by atoms with Crippen LogP contribution in [-0.2, 0) is 0 Å². The van der Waals surface area contributed by atoms with Gasteiger partial charge in [0.15, 0.2) is 5.76 Å². The zero-order valence-electron chi connectivity index (χ0n) is 6.17. The molecule has 0 atom stereocenters. The SMILES string of the molecule is C#Cc1cc2cc(Cl)ccc2o1. The van der Waals surface area contributed by atoms with Crippen molar-refractivity contribution in [3.63, 3.8) is 0 Å². The molecule has 0 bridgehead atoms. The summed E-state index contributed by atoms with van der Waals surface area (Å²) in [6, 6.07) is 7.19. The normalized spacial score (nSPS) is 10.0. The van der Waals surface area contributed by atoms with Crippen LogP contribution in [0.2, 0.25) is 5.02 Å². The molecule has 0 fully saturated rings. The predicted octanol–water partition coefficient (Wildman–Crippen LogP) is 3.07. The summed E-state index contributed by atoms with van der Waals surface area (Å²) >= 11 is 5.78. The molecule has 0 saturated carbocycles. The van der Waals surface area contributed by atoms with Crippen molar-refractivity contribution in [2.45, 2.75) is 0 Å². The Morgan fingerprint density at radius 3 is 2.92 bits per heavy atom. The molecule has 1 aromatic heterocycles. The number of hydrogen-bond acceptors (Lipinski definition) is 1. The molecular formula is C10H5ClO. The summed E-state index contributed by atoms with van der Waals surface area (Å²) in [7, 11) is 0. The van der Waals surface area contributed by atoms with Gasteiger partial charge in [0.2, 0.25) is 0 Å². The smallest absolute Gasteiger partial charge is 0.177 e. The number of hydrogen-bond donors (Lipinski definition) is 0. The summed E-state index contributed by atoms with van der Waals surface area (Å²) in [6.07, 6.45) is 5.17. The predicted molar refractivity (Wildman–Crippen MR) is 49.2 cm³/mol. The van der Waals surface area contributed by atoms with Crippen LogP contribution in [0.15, 0.2) is 28.7 Å². The lowest BCUT2D eigenvalue weighted by atomic mass is 10.2. The fourth-order valence-electron chi connectivity index (χ4n) is 1.09. The third-order valence-corrected chi connectivity index (χ3v) is 1.86. The first-order valence-corrected chi connectivity index (χ1v) is 3.83. The summed E-state index contributed by atoms with van der Waals surface area (Å²) in [5, 5.41) is 1.63. The van der Waals surface area contributed by atoms with E-state index < -0.39 is 0 Å². The molecule has 2 rings (SSSR count). The minimum Gasteiger partial charge on any atom is -0.448 e. The molecule has 0 aliphatic carbocycles. The number of benzene rings is 1. The van der Waals surface area contributed by atoms with E-state index in [-0.39, 0.29) is 0 Å². The Morgan fingerprint density at radius 1 is 1.33 bits per heavy atom. The van der Waals surface area contributed by atoms with Gasteiger partial charge < -0.3 is 4.42 Å². The standard InChI is InChI=1S/C10H5ClO/c1-2-9-6-7-5-8(11)3-4-10(7)12-9/h1,3-6H. The highest BCUT2D eigenvalue weighted by Gasteiger charge is 2.00. The molecule has 0 N–H and O–H groups in total. The fourth-order valence-corrected chi connectivity index (χ4v) is 1.27. The van der Waals surface area contributed by atoms with Gasteiger partial charge >= 0.3 is 0 Å². The van der Waals surface area contributed by atoms with Gasteiger partial charge in [0.05, 0.1) is 0 Å². The molecule has 1 aromatic carbocycles. The van der Waals surface area contributed by atoms with Crippen molar-refractivity contribution >= 4 is 22.6 Å². The maximum atomic E-state index is 5.78. The van der Waals surface area contributed by atoms with Crippen LogP contribution in [-0.4, -0.2) is 0 Å². The summed E-state index contributed by atoms with van der Waals surface area (Å²) < 4.78 is 5.28. The third kappa shape index (κ3) is 1.07. The molecular weight excluding hydrogens is 172 g/mol. The van der Waals surface area contributed by atoms with Gasteiger partial charge in [-0.2, -0.15) is 0 Å². The van der Waals surface area contributed by atoms with E-state index in [4.69, 9.17) is 22.4 Å².